The van der Waals surface area contributed by atoms with Crippen molar-refractivity contribution in [3.05, 3.63) is 71.0 Å². The third-order valence-corrected chi connectivity index (χ3v) is 7.53. The highest BCUT2D eigenvalue weighted by molar-refractivity contribution is 9.10. The van der Waals surface area contributed by atoms with E-state index in [0.29, 0.717) is 66.9 Å². The van der Waals surface area contributed by atoms with Gasteiger partial charge in [0.1, 0.15) is 25.3 Å². The lowest BCUT2D eigenvalue weighted by Gasteiger charge is -2.26. The number of carbonyl (C=O) groups excluding carboxylic acids is 1. The van der Waals surface area contributed by atoms with Gasteiger partial charge in [-0.1, -0.05) is 15.9 Å². The van der Waals surface area contributed by atoms with Crippen LogP contribution in [0.25, 0.3) is 10.9 Å². The lowest BCUT2D eigenvalue weighted by Crippen LogP contribution is -2.38. The van der Waals surface area contributed by atoms with Gasteiger partial charge >= 0.3 is 12.2 Å². The van der Waals surface area contributed by atoms with Crippen LogP contribution in [0.4, 0.5) is 29.3 Å². The van der Waals surface area contributed by atoms with Crippen molar-refractivity contribution in [2.75, 3.05) is 70.4 Å². The van der Waals surface area contributed by atoms with Crippen LogP contribution in [0.5, 0.6) is 23.1 Å². The monoisotopic (exact) mass is 705 g/mol. The molecule has 2 amide bonds. The Morgan fingerprint density at radius 1 is 0.935 bits per heavy atom. The van der Waals surface area contributed by atoms with E-state index in [9.17, 15) is 18.0 Å². The van der Waals surface area contributed by atoms with Crippen LogP contribution in [0.15, 0.2) is 65.4 Å². The number of fused-ring (bicyclic) bond motifs is 1. The van der Waals surface area contributed by atoms with Crippen LogP contribution >= 0.6 is 15.9 Å². The summed E-state index contributed by atoms with van der Waals surface area (Å²) in [5.41, 5.74) is 0.0605. The van der Waals surface area contributed by atoms with Crippen molar-refractivity contribution >= 4 is 44.2 Å². The van der Waals surface area contributed by atoms with Gasteiger partial charge in [-0.15, -0.1) is 0 Å². The van der Waals surface area contributed by atoms with E-state index in [1.54, 1.807) is 43.5 Å². The quantitative estimate of drug-likeness (QED) is 0.158. The molecule has 0 spiro atoms. The summed E-state index contributed by atoms with van der Waals surface area (Å²) in [5, 5.41) is 5.58. The minimum absolute atomic E-state index is 0.0140. The predicted octanol–water partition coefficient (Wildman–Crippen LogP) is 6.58. The van der Waals surface area contributed by atoms with Crippen LogP contribution in [0.1, 0.15) is 5.56 Å². The first-order valence-electron chi connectivity index (χ1n) is 14.3. The number of ether oxygens (including phenoxy) is 5. The molecule has 0 aliphatic carbocycles. The van der Waals surface area contributed by atoms with Gasteiger partial charge < -0.3 is 34.3 Å². The maximum absolute atomic E-state index is 13.2. The molecule has 1 aliphatic rings. The smallest absolute Gasteiger partial charge is 0.417 e. The summed E-state index contributed by atoms with van der Waals surface area (Å²) < 4.78 is 68.1. The molecule has 0 unspecified atom stereocenters. The molecule has 244 valence electrons. The fourth-order valence-electron chi connectivity index (χ4n) is 4.52. The summed E-state index contributed by atoms with van der Waals surface area (Å²) in [5.74, 6) is 1.72. The largest absolute Gasteiger partial charge is 0.488 e. The lowest BCUT2D eigenvalue weighted by atomic mass is 10.2. The maximum atomic E-state index is 13.2. The molecule has 4 aromatic rings. The number of nitrogens with zero attached hydrogens (tertiary/aromatic N) is 3. The van der Waals surface area contributed by atoms with Crippen LogP contribution in [-0.2, 0) is 15.7 Å². The Balaban J connectivity index is 1.26. The van der Waals surface area contributed by atoms with Crippen molar-refractivity contribution in [3.8, 4) is 23.1 Å². The predicted molar refractivity (Wildman–Crippen MR) is 168 cm³/mol. The van der Waals surface area contributed by atoms with E-state index in [1.165, 1.54) is 18.5 Å². The van der Waals surface area contributed by atoms with Crippen LogP contribution < -0.4 is 24.8 Å². The first-order chi connectivity index (χ1) is 22.2. The summed E-state index contributed by atoms with van der Waals surface area (Å²) >= 11 is 2.88. The summed E-state index contributed by atoms with van der Waals surface area (Å²) in [7, 11) is 1.59. The number of benzene rings is 3. The second-order valence-corrected chi connectivity index (χ2v) is 10.9. The van der Waals surface area contributed by atoms with E-state index >= 15 is 0 Å². The zero-order valence-corrected chi connectivity index (χ0v) is 26.3. The highest BCUT2D eigenvalue weighted by Gasteiger charge is 2.33. The van der Waals surface area contributed by atoms with Gasteiger partial charge in [0.05, 0.1) is 36.3 Å². The minimum atomic E-state index is -4.57. The van der Waals surface area contributed by atoms with E-state index in [-0.39, 0.29) is 16.0 Å². The van der Waals surface area contributed by atoms with Crippen LogP contribution in [0, 0.1) is 0 Å². The molecule has 3 aromatic carbocycles. The second kappa shape index (κ2) is 15.4. The maximum Gasteiger partial charge on any atom is 0.417 e. The highest BCUT2D eigenvalue weighted by Crippen LogP contribution is 2.38. The number of amides is 2. The fourth-order valence-corrected chi connectivity index (χ4v) is 4.99. The average molecular weight is 707 g/mol. The van der Waals surface area contributed by atoms with Crippen molar-refractivity contribution in [1.29, 1.82) is 0 Å². The topological polar surface area (TPSA) is 116 Å². The molecular formula is C31H31BrF3N5O6. The third kappa shape index (κ3) is 8.96. The number of hydrogen-bond acceptors (Lipinski definition) is 9. The number of urea groups is 1. The normalized spacial score (nSPS) is 13.8. The van der Waals surface area contributed by atoms with E-state index in [1.807, 2.05) is 0 Å². The van der Waals surface area contributed by atoms with Gasteiger partial charge in [-0.3, -0.25) is 4.90 Å². The van der Waals surface area contributed by atoms with E-state index in [4.69, 9.17) is 23.7 Å². The lowest BCUT2D eigenvalue weighted by molar-refractivity contribution is -0.138. The first kappa shape index (κ1) is 33.2. The van der Waals surface area contributed by atoms with Gasteiger partial charge in [0.15, 0.2) is 11.5 Å². The first-order valence-corrected chi connectivity index (χ1v) is 15.0. The molecule has 1 aromatic heterocycles. The standard InChI is InChI=1S/C31H31BrF3N5O6/c1-42-14-15-45-27-17-23-26(18-28(27)44-13-10-40-8-11-43-12-9-40)36-19-37-29(23)46-22-5-2-20(3-6-22)38-30(41)39-21-4-7-25(32)24(16-21)31(33,34)35/h2-7,16-19H,8-15H2,1H3,(H2,38,39,41). The van der Waals surface area contributed by atoms with Gasteiger partial charge in [-0.25, -0.2) is 14.8 Å². The number of alkyl halides is 3. The number of carbonyl (C=O) groups is 1. The molecule has 1 fully saturated rings. The van der Waals surface area contributed by atoms with Crippen molar-refractivity contribution in [2.24, 2.45) is 0 Å². The molecule has 2 heterocycles. The van der Waals surface area contributed by atoms with Gasteiger partial charge in [0, 0.05) is 48.7 Å². The Morgan fingerprint density at radius 2 is 1.63 bits per heavy atom. The van der Waals surface area contributed by atoms with Gasteiger partial charge in [-0.2, -0.15) is 13.2 Å². The molecule has 2 N–H and O–H groups in total. The zero-order valence-electron chi connectivity index (χ0n) is 24.7. The van der Waals surface area contributed by atoms with Crippen molar-refractivity contribution in [2.45, 2.75) is 6.18 Å². The van der Waals surface area contributed by atoms with Crippen molar-refractivity contribution in [3.63, 3.8) is 0 Å². The summed E-state index contributed by atoms with van der Waals surface area (Å²) in [6, 6.07) is 12.6. The van der Waals surface area contributed by atoms with E-state index in [2.05, 4.69) is 41.4 Å². The zero-order chi connectivity index (χ0) is 32.5. The summed E-state index contributed by atoms with van der Waals surface area (Å²) in [6.07, 6.45) is -3.19. The van der Waals surface area contributed by atoms with E-state index < -0.39 is 17.8 Å². The Hall–Kier alpha value is -4.18. The number of anilines is 2. The third-order valence-electron chi connectivity index (χ3n) is 6.83. The second-order valence-electron chi connectivity index (χ2n) is 10.0. The highest BCUT2D eigenvalue weighted by atomic mass is 79.9. The van der Waals surface area contributed by atoms with Gasteiger partial charge in [0.25, 0.3) is 0 Å². The molecule has 0 bridgehead atoms. The van der Waals surface area contributed by atoms with Crippen molar-refractivity contribution in [1.82, 2.24) is 14.9 Å². The van der Waals surface area contributed by atoms with Gasteiger partial charge in [-0.05, 0) is 48.5 Å². The fraction of sp³-hybridized carbons (Fsp3) is 0.323. The molecule has 1 saturated heterocycles. The molecule has 46 heavy (non-hydrogen) atoms. The number of rotatable bonds is 12. The number of hydrogen-bond donors (Lipinski definition) is 2. The number of morpholine rings is 1. The number of nitrogens with one attached hydrogen (secondary N) is 2. The molecular weight excluding hydrogens is 675 g/mol. The number of halogens is 4. The molecule has 1 aliphatic heterocycles. The Kier molecular flexibility index (Phi) is 11.1. The van der Waals surface area contributed by atoms with Crippen molar-refractivity contribution < 1.29 is 41.7 Å². The molecule has 11 nitrogen and oxygen atoms in total. The Morgan fingerprint density at radius 3 is 2.37 bits per heavy atom. The Bertz CT molecular complexity index is 1640. The molecule has 5 rings (SSSR count). The van der Waals surface area contributed by atoms with Crippen LogP contribution in [-0.4, -0.2) is 80.7 Å². The summed E-state index contributed by atoms with van der Waals surface area (Å²) in [6.45, 7) is 5.01. The SMILES string of the molecule is COCCOc1cc2c(Oc3ccc(NC(=O)Nc4ccc(Br)c(C(F)(F)F)c4)cc3)ncnc2cc1OCCN1CCOCC1. The molecule has 15 heteroatoms. The Labute approximate surface area is 271 Å². The van der Waals surface area contributed by atoms with Crippen LogP contribution in [0.3, 0.4) is 0 Å². The van der Waals surface area contributed by atoms with Crippen LogP contribution in [0.2, 0.25) is 0 Å². The molecule has 0 atom stereocenters. The molecule has 0 saturated carbocycles. The van der Waals surface area contributed by atoms with E-state index in [0.717, 1.165) is 25.7 Å². The van der Waals surface area contributed by atoms with Gasteiger partial charge in [0.2, 0.25) is 5.88 Å². The minimum Gasteiger partial charge on any atom is -0.488 e. The number of aromatic nitrogens is 2. The number of methoxy groups -OCH3 is 1. The molecule has 0 radical (unpaired) electrons. The summed E-state index contributed by atoms with van der Waals surface area (Å²) in [4.78, 5) is 23.4. The average Bonchev–Trinajstić information content (AvgIpc) is 3.03.